The van der Waals surface area contributed by atoms with Gasteiger partial charge in [0.25, 0.3) is 5.91 Å². The van der Waals surface area contributed by atoms with Crippen LogP contribution in [0.1, 0.15) is 15.4 Å². The Bertz CT molecular complexity index is 1110. The number of carbonyl (C=O) groups excluding carboxylic acids is 1. The molecule has 0 aliphatic rings. The smallest absolute Gasteiger partial charge is 0.267 e. The predicted molar refractivity (Wildman–Crippen MR) is 112 cm³/mol. The van der Waals surface area contributed by atoms with E-state index in [1.807, 2.05) is 48.0 Å². The maximum atomic E-state index is 12.6. The van der Waals surface area contributed by atoms with Crippen LogP contribution in [0.4, 0.5) is 5.13 Å². The molecule has 0 fully saturated rings. The molecule has 0 saturated carbocycles. The molecule has 0 unspecified atom stereocenters. The van der Waals surface area contributed by atoms with Gasteiger partial charge in [0.2, 0.25) is 5.13 Å². The molecule has 27 heavy (non-hydrogen) atoms. The lowest BCUT2D eigenvalue weighted by molar-refractivity contribution is 0.103. The standard InChI is InChI=1S/C18H15N5OS3/c1-3-9-25-18-21-20-17(27-18)19-15(24)14-10-13-11(2)22-23(16(13)26-14)12-7-5-4-6-8-12/h3-8,10H,1,9H2,2H3,(H,19,20,24). The number of para-hydroxylation sites is 1. The number of hydrogen-bond donors (Lipinski definition) is 1. The van der Waals surface area contributed by atoms with Gasteiger partial charge in [-0.25, -0.2) is 4.68 Å². The zero-order chi connectivity index (χ0) is 18.8. The van der Waals surface area contributed by atoms with Crippen molar-refractivity contribution in [2.45, 2.75) is 11.3 Å². The summed E-state index contributed by atoms with van der Waals surface area (Å²) < 4.78 is 2.68. The lowest BCUT2D eigenvalue weighted by Gasteiger charge is -2.01. The first-order valence-corrected chi connectivity index (χ1v) is 10.7. The third kappa shape index (κ3) is 3.66. The number of rotatable bonds is 6. The van der Waals surface area contributed by atoms with Crippen molar-refractivity contribution in [3.8, 4) is 5.69 Å². The number of benzene rings is 1. The molecule has 6 nitrogen and oxygen atoms in total. The number of anilines is 1. The Morgan fingerprint density at radius 3 is 2.89 bits per heavy atom. The van der Waals surface area contributed by atoms with E-state index in [4.69, 9.17) is 0 Å². The van der Waals surface area contributed by atoms with Crippen LogP contribution in [-0.4, -0.2) is 31.6 Å². The molecule has 0 atom stereocenters. The summed E-state index contributed by atoms with van der Waals surface area (Å²) in [5.41, 5.74) is 1.86. The van der Waals surface area contributed by atoms with Crippen LogP contribution in [0.25, 0.3) is 15.9 Å². The summed E-state index contributed by atoms with van der Waals surface area (Å²) >= 11 is 4.31. The molecule has 4 rings (SSSR count). The summed E-state index contributed by atoms with van der Waals surface area (Å²) in [6, 6.07) is 11.8. The second kappa shape index (κ2) is 7.63. The molecule has 4 aromatic rings. The summed E-state index contributed by atoms with van der Waals surface area (Å²) in [5.74, 6) is 0.570. The molecule has 3 heterocycles. The average Bonchev–Trinajstić information content (AvgIpc) is 3.38. The number of thiophene rings is 1. The molecule has 0 saturated heterocycles. The molecule has 3 aromatic heterocycles. The highest BCUT2D eigenvalue weighted by atomic mass is 32.2. The Hall–Kier alpha value is -2.49. The summed E-state index contributed by atoms with van der Waals surface area (Å²) in [4.78, 5) is 14.2. The van der Waals surface area contributed by atoms with Crippen molar-refractivity contribution in [1.29, 1.82) is 0 Å². The molecule has 1 amide bonds. The van der Waals surface area contributed by atoms with Crippen molar-refractivity contribution in [3.63, 3.8) is 0 Å². The molecule has 0 bridgehead atoms. The van der Waals surface area contributed by atoms with E-state index in [-0.39, 0.29) is 5.91 Å². The number of fused-ring (bicyclic) bond motifs is 1. The molecule has 136 valence electrons. The molecular formula is C18H15N5OS3. The van der Waals surface area contributed by atoms with Gasteiger partial charge in [-0.05, 0) is 25.1 Å². The summed E-state index contributed by atoms with van der Waals surface area (Å²) in [6.45, 7) is 5.63. The van der Waals surface area contributed by atoms with Crippen LogP contribution in [-0.2, 0) is 0 Å². The fraction of sp³-hybridized carbons (Fsp3) is 0.111. The number of nitrogens with zero attached hydrogens (tertiary/aromatic N) is 4. The number of hydrogen-bond acceptors (Lipinski definition) is 7. The van der Waals surface area contributed by atoms with Gasteiger partial charge in [-0.1, -0.05) is 47.4 Å². The van der Waals surface area contributed by atoms with Crippen LogP contribution in [0.2, 0.25) is 0 Å². The number of thioether (sulfide) groups is 1. The predicted octanol–water partition coefficient (Wildman–Crippen LogP) is 4.78. The second-order valence-electron chi connectivity index (χ2n) is 5.59. The number of amides is 1. The first-order chi connectivity index (χ1) is 13.2. The Morgan fingerprint density at radius 2 is 2.11 bits per heavy atom. The SMILES string of the molecule is C=CCSc1nnc(NC(=O)c2cc3c(C)nn(-c4ccccc4)c3s2)s1. The van der Waals surface area contributed by atoms with Crippen molar-refractivity contribution in [2.24, 2.45) is 0 Å². The Morgan fingerprint density at radius 1 is 1.30 bits per heavy atom. The maximum absolute atomic E-state index is 12.6. The van der Waals surface area contributed by atoms with E-state index in [0.717, 1.165) is 31.7 Å². The molecular weight excluding hydrogens is 398 g/mol. The van der Waals surface area contributed by atoms with Gasteiger partial charge in [-0.15, -0.1) is 28.1 Å². The van der Waals surface area contributed by atoms with Crippen molar-refractivity contribution >= 4 is 55.7 Å². The van der Waals surface area contributed by atoms with Gasteiger partial charge >= 0.3 is 0 Å². The minimum absolute atomic E-state index is 0.188. The van der Waals surface area contributed by atoms with Crippen LogP contribution < -0.4 is 5.32 Å². The zero-order valence-corrected chi connectivity index (χ0v) is 16.8. The highest BCUT2D eigenvalue weighted by Gasteiger charge is 2.18. The van der Waals surface area contributed by atoms with Crippen molar-refractivity contribution < 1.29 is 4.79 Å². The third-order valence-corrected chi connectivity index (χ3v) is 6.80. The molecule has 1 N–H and O–H groups in total. The monoisotopic (exact) mass is 413 g/mol. The quantitative estimate of drug-likeness (QED) is 0.280. The second-order valence-corrected chi connectivity index (χ2v) is 8.86. The van der Waals surface area contributed by atoms with Gasteiger partial charge in [0, 0.05) is 11.1 Å². The minimum atomic E-state index is -0.188. The maximum Gasteiger partial charge on any atom is 0.267 e. The molecule has 0 aliphatic heterocycles. The number of aromatic nitrogens is 4. The van der Waals surface area contributed by atoms with Crippen LogP contribution >= 0.6 is 34.4 Å². The number of nitrogens with one attached hydrogen (secondary N) is 1. The fourth-order valence-corrected chi connectivity index (χ4v) is 5.10. The van der Waals surface area contributed by atoms with Crippen LogP contribution in [0, 0.1) is 6.92 Å². The van der Waals surface area contributed by atoms with Gasteiger partial charge in [0.05, 0.1) is 16.3 Å². The van der Waals surface area contributed by atoms with E-state index in [2.05, 4.69) is 27.2 Å². The van der Waals surface area contributed by atoms with Gasteiger partial charge in [-0.3, -0.25) is 10.1 Å². The van der Waals surface area contributed by atoms with Gasteiger partial charge in [0.15, 0.2) is 4.34 Å². The zero-order valence-electron chi connectivity index (χ0n) is 14.4. The summed E-state index contributed by atoms with van der Waals surface area (Å²) in [5, 5.41) is 17.0. The topological polar surface area (TPSA) is 72.7 Å². The largest absolute Gasteiger partial charge is 0.296 e. The molecule has 1 aromatic carbocycles. The molecule has 0 spiro atoms. The average molecular weight is 414 g/mol. The Labute approximate surface area is 167 Å². The number of carbonyl (C=O) groups is 1. The van der Waals surface area contributed by atoms with Gasteiger partial charge in [0.1, 0.15) is 4.83 Å². The van der Waals surface area contributed by atoms with Gasteiger partial charge < -0.3 is 0 Å². The first kappa shape index (κ1) is 17.9. The Balaban J connectivity index is 1.59. The van der Waals surface area contributed by atoms with Crippen molar-refractivity contribution in [3.05, 3.63) is 59.6 Å². The van der Waals surface area contributed by atoms with Gasteiger partial charge in [-0.2, -0.15) is 5.10 Å². The summed E-state index contributed by atoms with van der Waals surface area (Å²) in [7, 11) is 0. The molecule has 0 radical (unpaired) electrons. The highest BCUT2D eigenvalue weighted by Crippen LogP contribution is 2.31. The van der Waals surface area contributed by atoms with Crippen LogP contribution in [0.15, 0.2) is 53.4 Å². The lowest BCUT2D eigenvalue weighted by atomic mass is 10.3. The molecule has 9 heteroatoms. The van der Waals surface area contributed by atoms with E-state index in [9.17, 15) is 4.79 Å². The normalized spacial score (nSPS) is 11.0. The molecule has 0 aliphatic carbocycles. The third-order valence-electron chi connectivity index (χ3n) is 3.72. The van der Waals surface area contributed by atoms with E-state index in [0.29, 0.717) is 10.0 Å². The highest BCUT2D eigenvalue weighted by molar-refractivity contribution is 8.01. The van der Waals surface area contributed by atoms with Crippen molar-refractivity contribution in [2.75, 3.05) is 11.1 Å². The van der Waals surface area contributed by atoms with E-state index in [1.165, 1.54) is 34.4 Å². The van der Waals surface area contributed by atoms with E-state index in [1.54, 1.807) is 6.08 Å². The minimum Gasteiger partial charge on any atom is -0.296 e. The first-order valence-electron chi connectivity index (χ1n) is 8.09. The Kier molecular flexibility index (Phi) is 5.06. The van der Waals surface area contributed by atoms with Crippen LogP contribution in [0.5, 0.6) is 0 Å². The van der Waals surface area contributed by atoms with Crippen LogP contribution in [0.3, 0.4) is 0 Å². The fourth-order valence-electron chi connectivity index (χ4n) is 2.51. The summed E-state index contributed by atoms with van der Waals surface area (Å²) in [6.07, 6.45) is 1.81. The van der Waals surface area contributed by atoms with E-state index < -0.39 is 0 Å². The number of aryl methyl sites for hydroxylation is 1. The van der Waals surface area contributed by atoms with Crippen molar-refractivity contribution in [1.82, 2.24) is 20.0 Å². The lowest BCUT2D eigenvalue weighted by Crippen LogP contribution is -2.09. The van der Waals surface area contributed by atoms with E-state index >= 15 is 0 Å².